The van der Waals surface area contributed by atoms with E-state index in [4.69, 9.17) is 5.73 Å². The Morgan fingerprint density at radius 3 is 2.50 bits per heavy atom. The third kappa shape index (κ3) is 2.85. The van der Waals surface area contributed by atoms with Crippen LogP contribution in [0.15, 0.2) is 11.3 Å². The Kier molecular flexibility index (Phi) is 4.52. The molecule has 0 bridgehead atoms. The first-order valence-corrected chi connectivity index (χ1v) is 11.3. The van der Waals surface area contributed by atoms with E-state index in [-0.39, 0.29) is 35.0 Å². The molecule has 156 valence electrons. The summed E-state index contributed by atoms with van der Waals surface area (Å²) in [6.45, 7) is 10.8. The fourth-order valence-electron chi connectivity index (χ4n) is 7.62. The van der Waals surface area contributed by atoms with Gasteiger partial charge in [0, 0.05) is 17.4 Å². The Morgan fingerprint density at radius 2 is 1.82 bits per heavy atom. The van der Waals surface area contributed by atoms with Gasteiger partial charge in [-0.05, 0) is 88.0 Å². The Hall–Kier alpha value is -1.32. The molecule has 0 radical (unpaired) electrons. The van der Waals surface area contributed by atoms with Gasteiger partial charge in [-0.1, -0.05) is 20.3 Å². The van der Waals surface area contributed by atoms with Crippen molar-refractivity contribution in [1.29, 1.82) is 0 Å². The molecule has 6 atom stereocenters. The summed E-state index contributed by atoms with van der Waals surface area (Å²) in [5.41, 5.74) is 7.84. The zero-order chi connectivity index (χ0) is 20.5. The summed E-state index contributed by atoms with van der Waals surface area (Å²) in [7, 11) is 0. The zero-order valence-corrected chi connectivity index (χ0v) is 18.4. The molecule has 1 unspecified atom stereocenters. The molecule has 3 saturated carbocycles. The highest BCUT2D eigenvalue weighted by molar-refractivity contribution is 6.00. The number of carbonyl (C=O) groups is 2. The molecule has 4 heteroatoms. The van der Waals surface area contributed by atoms with Gasteiger partial charge >= 0.3 is 0 Å². The van der Waals surface area contributed by atoms with E-state index in [0.717, 1.165) is 24.3 Å². The predicted octanol–water partition coefficient (Wildman–Crippen LogP) is 4.34. The fraction of sp³-hybridized carbons (Fsp3) is 0.833. The van der Waals surface area contributed by atoms with Crippen molar-refractivity contribution in [1.82, 2.24) is 5.32 Å². The third-order valence-corrected chi connectivity index (χ3v) is 8.92. The van der Waals surface area contributed by atoms with Crippen LogP contribution in [0.1, 0.15) is 86.0 Å². The first-order valence-electron chi connectivity index (χ1n) is 11.3. The molecule has 1 amide bonds. The highest BCUT2D eigenvalue weighted by atomic mass is 16.2. The molecule has 0 aromatic rings. The number of hydrogen-bond acceptors (Lipinski definition) is 3. The molecule has 28 heavy (non-hydrogen) atoms. The molecule has 4 nitrogen and oxygen atoms in total. The molecular weight excluding hydrogens is 348 g/mol. The van der Waals surface area contributed by atoms with Gasteiger partial charge in [-0.2, -0.15) is 0 Å². The molecule has 3 fully saturated rings. The van der Waals surface area contributed by atoms with Gasteiger partial charge in [0.15, 0.2) is 5.78 Å². The Balaban J connectivity index is 1.75. The maximum Gasteiger partial charge on any atom is 0.224 e. The highest BCUT2D eigenvalue weighted by Gasteiger charge is 2.61. The third-order valence-electron chi connectivity index (χ3n) is 8.92. The summed E-state index contributed by atoms with van der Waals surface area (Å²) in [6.07, 6.45) is 8.74. The van der Waals surface area contributed by atoms with Crippen molar-refractivity contribution in [2.45, 2.75) is 91.5 Å². The van der Waals surface area contributed by atoms with Gasteiger partial charge in [0.2, 0.25) is 5.91 Å². The van der Waals surface area contributed by atoms with Gasteiger partial charge in [0.25, 0.3) is 0 Å². The van der Waals surface area contributed by atoms with Crippen LogP contribution in [0.5, 0.6) is 0 Å². The second kappa shape index (κ2) is 6.34. The summed E-state index contributed by atoms with van der Waals surface area (Å²) in [5.74, 6) is 1.63. The minimum atomic E-state index is -0.298. The first-order chi connectivity index (χ1) is 13.0. The number of nitrogens with one attached hydrogen (secondary N) is 1. The molecule has 0 aliphatic heterocycles. The molecule has 0 spiro atoms. The van der Waals surface area contributed by atoms with Crippen LogP contribution in [0.4, 0.5) is 0 Å². The highest BCUT2D eigenvalue weighted by Crippen LogP contribution is 2.66. The summed E-state index contributed by atoms with van der Waals surface area (Å²) in [6, 6.07) is 0. The van der Waals surface area contributed by atoms with Crippen molar-refractivity contribution >= 4 is 11.7 Å². The van der Waals surface area contributed by atoms with E-state index in [1.165, 1.54) is 32.1 Å². The van der Waals surface area contributed by atoms with Crippen LogP contribution >= 0.6 is 0 Å². The lowest BCUT2D eigenvalue weighted by atomic mass is 9.45. The number of fused-ring (bicyclic) bond motifs is 5. The maximum absolute atomic E-state index is 13.4. The van der Waals surface area contributed by atoms with Crippen molar-refractivity contribution in [3.8, 4) is 0 Å². The van der Waals surface area contributed by atoms with E-state index in [1.807, 2.05) is 20.8 Å². The molecule has 4 rings (SSSR count). The number of rotatable bonds is 1. The fourth-order valence-corrected chi connectivity index (χ4v) is 7.62. The Bertz CT molecular complexity index is 733. The van der Waals surface area contributed by atoms with E-state index in [2.05, 4.69) is 19.2 Å². The topological polar surface area (TPSA) is 72.2 Å². The number of amides is 1. The van der Waals surface area contributed by atoms with Crippen molar-refractivity contribution in [3.05, 3.63) is 11.3 Å². The normalized spacial score (nSPS) is 43.2. The van der Waals surface area contributed by atoms with Gasteiger partial charge in [-0.3, -0.25) is 9.59 Å². The first kappa shape index (κ1) is 20.0. The largest absolute Gasteiger partial charge is 0.396 e. The number of Topliss-reactive ketones (excluding diaryl/α,β-unsaturated/α-hetero) is 1. The molecular formula is C24H38N2O2. The smallest absolute Gasteiger partial charge is 0.224 e. The van der Waals surface area contributed by atoms with Gasteiger partial charge in [0.05, 0.1) is 11.6 Å². The van der Waals surface area contributed by atoms with Gasteiger partial charge in [0.1, 0.15) is 0 Å². The average molecular weight is 387 g/mol. The van der Waals surface area contributed by atoms with Gasteiger partial charge < -0.3 is 11.1 Å². The summed E-state index contributed by atoms with van der Waals surface area (Å²) in [5, 5.41) is 3.18. The van der Waals surface area contributed by atoms with Crippen LogP contribution in [0.3, 0.4) is 0 Å². The summed E-state index contributed by atoms with van der Waals surface area (Å²) >= 11 is 0. The lowest BCUT2D eigenvalue weighted by Gasteiger charge is -2.59. The second-order valence-electron chi connectivity index (χ2n) is 11.6. The Morgan fingerprint density at radius 1 is 1.11 bits per heavy atom. The van der Waals surface area contributed by atoms with Crippen LogP contribution in [0.2, 0.25) is 0 Å². The van der Waals surface area contributed by atoms with Crippen molar-refractivity contribution < 1.29 is 9.59 Å². The van der Waals surface area contributed by atoms with E-state index in [9.17, 15) is 9.59 Å². The quantitative estimate of drug-likeness (QED) is 0.704. The maximum atomic E-state index is 13.4. The number of nitrogens with two attached hydrogens (primary N) is 1. The van der Waals surface area contributed by atoms with E-state index < -0.39 is 0 Å². The molecule has 0 aromatic heterocycles. The number of hydrogen-bond donors (Lipinski definition) is 2. The molecule has 0 saturated heterocycles. The minimum absolute atomic E-state index is 0.0264. The monoisotopic (exact) mass is 386 g/mol. The van der Waals surface area contributed by atoms with Crippen molar-refractivity contribution in [2.75, 3.05) is 0 Å². The van der Waals surface area contributed by atoms with Gasteiger partial charge in [-0.25, -0.2) is 0 Å². The van der Waals surface area contributed by atoms with Crippen LogP contribution < -0.4 is 11.1 Å². The van der Waals surface area contributed by atoms with Crippen LogP contribution in [-0.4, -0.2) is 17.2 Å². The van der Waals surface area contributed by atoms with Gasteiger partial charge in [-0.15, -0.1) is 0 Å². The number of carbonyl (C=O) groups excluding carboxylic acids is 2. The summed E-state index contributed by atoms with van der Waals surface area (Å²) < 4.78 is 0. The zero-order valence-electron chi connectivity index (χ0n) is 18.4. The minimum Gasteiger partial charge on any atom is -0.396 e. The number of allylic oxidation sites excluding steroid dienone is 1. The second-order valence-corrected chi connectivity index (χ2v) is 11.6. The molecule has 4 aliphatic carbocycles. The van der Waals surface area contributed by atoms with Crippen LogP contribution in [0.25, 0.3) is 0 Å². The van der Waals surface area contributed by atoms with Crippen molar-refractivity contribution in [2.24, 2.45) is 40.2 Å². The SMILES string of the molecule is CC(C)(C)NC(=O)C1CC(=O)C(N)=C2CC[C@H]3[C@@H]4CCC[C@@]4(C)CC[C@@H]3[C@]21C. The van der Waals surface area contributed by atoms with Crippen LogP contribution in [-0.2, 0) is 9.59 Å². The molecule has 0 heterocycles. The van der Waals surface area contributed by atoms with Crippen LogP contribution in [0, 0.1) is 34.5 Å². The van der Waals surface area contributed by atoms with Crippen molar-refractivity contribution in [3.63, 3.8) is 0 Å². The Labute approximate surface area is 170 Å². The number of ketones is 1. The lowest BCUT2D eigenvalue weighted by molar-refractivity contribution is -0.141. The molecule has 0 aromatic carbocycles. The van der Waals surface area contributed by atoms with E-state index >= 15 is 0 Å². The molecule has 4 aliphatic rings. The predicted molar refractivity (Wildman–Crippen MR) is 111 cm³/mol. The standard InChI is InChI=1S/C24H38N2O2/c1-22(2,3)26-21(28)18-13-19(27)20(25)17-9-8-14-15-7-6-11-23(15,4)12-10-16(14)24(17,18)5/h14-16,18H,6-13,25H2,1-5H3,(H,26,28)/t14-,15-,16-,18?,23-,24+/m0/s1. The summed E-state index contributed by atoms with van der Waals surface area (Å²) in [4.78, 5) is 26.1. The molecule has 3 N–H and O–H groups in total. The lowest BCUT2D eigenvalue weighted by Crippen LogP contribution is -2.58. The average Bonchev–Trinajstić information content (AvgIpc) is 2.98. The van der Waals surface area contributed by atoms with E-state index in [1.54, 1.807) is 0 Å². The van der Waals surface area contributed by atoms with E-state index in [0.29, 0.717) is 22.9 Å².